The highest BCUT2D eigenvalue weighted by Gasteiger charge is 2.30. The van der Waals surface area contributed by atoms with Crippen LogP contribution in [0.5, 0.6) is 0 Å². The van der Waals surface area contributed by atoms with E-state index in [1.165, 1.54) is 23.6 Å². The maximum absolute atomic E-state index is 12.9. The van der Waals surface area contributed by atoms with E-state index in [1.54, 1.807) is 35.8 Å². The van der Waals surface area contributed by atoms with Crippen LogP contribution < -0.4 is 10.9 Å². The Kier molecular flexibility index (Phi) is 6.03. The van der Waals surface area contributed by atoms with Gasteiger partial charge < -0.3 is 4.57 Å². The number of nitrogens with zero attached hydrogens (tertiary/aromatic N) is 3. The molecule has 33 heavy (non-hydrogen) atoms. The molecular formula is C23H19F3N4O2S. The Hall–Kier alpha value is -3.53. The fraction of sp³-hybridized carbons (Fsp3) is 0.217. The van der Waals surface area contributed by atoms with Crippen LogP contribution >= 0.6 is 11.3 Å². The molecule has 1 N–H and O–H groups in total. The van der Waals surface area contributed by atoms with Crippen molar-refractivity contribution in [3.8, 4) is 0 Å². The molecule has 0 aliphatic carbocycles. The van der Waals surface area contributed by atoms with E-state index in [4.69, 9.17) is 0 Å². The van der Waals surface area contributed by atoms with Gasteiger partial charge in [-0.25, -0.2) is 9.97 Å². The fourth-order valence-corrected chi connectivity index (χ4v) is 4.35. The molecule has 2 heterocycles. The molecule has 0 radical (unpaired) electrons. The Balaban J connectivity index is 1.52. The molecule has 4 rings (SSSR count). The van der Waals surface area contributed by atoms with E-state index in [1.807, 2.05) is 6.92 Å². The third-order valence-electron chi connectivity index (χ3n) is 5.09. The molecule has 2 aromatic carbocycles. The van der Waals surface area contributed by atoms with Gasteiger partial charge in [-0.2, -0.15) is 13.2 Å². The minimum atomic E-state index is -4.40. The number of aromatic nitrogens is 3. The number of thiazole rings is 1. The highest BCUT2D eigenvalue weighted by molar-refractivity contribution is 7.15. The largest absolute Gasteiger partial charge is 0.416 e. The molecule has 0 bridgehead atoms. The summed E-state index contributed by atoms with van der Waals surface area (Å²) in [5.41, 5.74) is 1.51. The van der Waals surface area contributed by atoms with Gasteiger partial charge in [-0.1, -0.05) is 18.2 Å². The quantitative estimate of drug-likeness (QED) is 0.441. The van der Waals surface area contributed by atoms with E-state index >= 15 is 0 Å². The number of carbonyl (C=O) groups excluding carboxylic acids is 1. The number of benzene rings is 2. The molecule has 1 amide bonds. The lowest BCUT2D eigenvalue weighted by Gasteiger charge is -2.10. The third kappa shape index (κ3) is 4.80. The smallest absolute Gasteiger partial charge is 0.305 e. The van der Waals surface area contributed by atoms with Crippen molar-refractivity contribution >= 4 is 33.4 Å². The van der Waals surface area contributed by atoms with Gasteiger partial charge in [0.2, 0.25) is 0 Å². The molecule has 0 fully saturated rings. The first-order valence-corrected chi connectivity index (χ1v) is 10.9. The summed E-state index contributed by atoms with van der Waals surface area (Å²) in [5.74, 6) is -0.398. The summed E-state index contributed by atoms with van der Waals surface area (Å²) in [6.07, 6.45) is -2.60. The van der Waals surface area contributed by atoms with Crippen LogP contribution in [0.4, 0.5) is 18.3 Å². The third-order valence-corrected chi connectivity index (χ3v) is 6.01. The summed E-state index contributed by atoms with van der Waals surface area (Å²) in [7, 11) is 0. The molecule has 6 nitrogen and oxygen atoms in total. The highest BCUT2D eigenvalue weighted by Crippen LogP contribution is 2.30. The molecule has 2 aromatic heterocycles. The van der Waals surface area contributed by atoms with Gasteiger partial charge in [0.15, 0.2) is 5.13 Å². The van der Waals surface area contributed by atoms with E-state index in [2.05, 4.69) is 15.3 Å². The predicted molar refractivity (Wildman–Crippen MR) is 121 cm³/mol. The van der Waals surface area contributed by atoms with Crippen LogP contribution in [0, 0.1) is 6.92 Å². The van der Waals surface area contributed by atoms with E-state index in [9.17, 15) is 22.8 Å². The number of carbonyl (C=O) groups is 1. The maximum Gasteiger partial charge on any atom is 0.416 e. The van der Waals surface area contributed by atoms with Crippen molar-refractivity contribution in [2.24, 2.45) is 0 Å². The number of alkyl halides is 3. The van der Waals surface area contributed by atoms with Gasteiger partial charge >= 0.3 is 6.18 Å². The monoisotopic (exact) mass is 472 g/mol. The van der Waals surface area contributed by atoms with Crippen LogP contribution in [0.3, 0.4) is 0 Å². The molecule has 0 saturated heterocycles. The zero-order valence-corrected chi connectivity index (χ0v) is 18.5. The first-order valence-electron chi connectivity index (χ1n) is 10.1. The lowest BCUT2D eigenvalue weighted by Crippen LogP contribution is -2.23. The Morgan fingerprint density at radius 2 is 1.97 bits per heavy atom. The van der Waals surface area contributed by atoms with Crippen molar-refractivity contribution < 1.29 is 18.0 Å². The first-order chi connectivity index (χ1) is 15.7. The average Bonchev–Trinajstić information content (AvgIpc) is 3.20. The lowest BCUT2D eigenvalue weighted by atomic mass is 10.1. The zero-order valence-electron chi connectivity index (χ0n) is 17.7. The van der Waals surface area contributed by atoms with Gasteiger partial charge in [-0.05, 0) is 43.7 Å². The van der Waals surface area contributed by atoms with Gasteiger partial charge in [0, 0.05) is 29.6 Å². The second-order valence-corrected chi connectivity index (χ2v) is 8.53. The summed E-state index contributed by atoms with van der Waals surface area (Å²) >= 11 is 1.19. The van der Waals surface area contributed by atoms with E-state index < -0.39 is 17.6 Å². The number of amides is 1. The summed E-state index contributed by atoms with van der Waals surface area (Å²) in [5, 5.41) is 3.05. The van der Waals surface area contributed by atoms with Crippen molar-refractivity contribution in [3.63, 3.8) is 0 Å². The molecule has 4 aromatic rings. The normalized spacial score (nSPS) is 11.7. The summed E-state index contributed by atoms with van der Waals surface area (Å²) in [6.45, 7) is 3.97. The Labute approximate surface area is 190 Å². The molecule has 0 saturated carbocycles. The van der Waals surface area contributed by atoms with Crippen LogP contribution in [-0.4, -0.2) is 20.4 Å². The summed E-state index contributed by atoms with van der Waals surface area (Å²) in [4.78, 5) is 34.1. The molecule has 0 spiro atoms. The van der Waals surface area contributed by atoms with E-state index in [-0.39, 0.29) is 12.0 Å². The van der Waals surface area contributed by atoms with Crippen LogP contribution in [0.1, 0.15) is 39.0 Å². The predicted octanol–water partition coefficient (Wildman–Crippen LogP) is 5.04. The number of hydrogen-bond donors (Lipinski definition) is 1. The topological polar surface area (TPSA) is 76.9 Å². The standard InChI is InChI=1S/C23H19F3N4O2S/c1-3-30-19-8-7-15(11-18(19)28-13(2)21(30)32)20(31)29-22-27-12-17(33-22)10-14-5-4-6-16(9-14)23(24,25)26/h4-9,11-12H,3,10H2,1-2H3,(H,27,29,31). The van der Waals surface area contributed by atoms with Crippen molar-refractivity contribution in [1.29, 1.82) is 0 Å². The number of hydrogen-bond acceptors (Lipinski definition) is 5. The first kappa shape index (κ1) is 22.7. The van der Waals surface area contributed by atoms with Gasteiger partial charge in [-0.3, -0.25) is 14.9 Å². The Morgan fingerprint density at radius 1 is 1.18 bits per heavy atom. The Bertz CT molecular complexity index is 1410. The SMILES string of the molecule is CCn1c(=O)c(C)nc2cc(C(=O)Nc3ncc(Cc4cccc(C(F)(F)F)c4)s3)ccc21. The summed E-state index contributed by atoms with van der Waals surface area (Å²) < 4.78 is 40.4. The number of fused-ring (bicyclic) bond motifs is 1. The van der Waals surface area contributed by atoms with Crippen molar-refractivity contribution in [1.82, 2.24) is 14.5 Å². The lowest BCUT2D eigenvalue weighted by molar-refractivity contribution is -0.137. The number of anilines is 1. The van der Waals surface area contributed by atoms with E-state index in [0.29, 0.717) is 44.4 Å². The molecule has 0 unspecified atom stereocenters. The van der Waals surface area contributed by atoms with Crippen molar-refractivity contribution in [2.45, 2.75) is 33.0 Å². The Morgan fingerprint density at radius 3 is 2.70 bits per heavy atom. The average molecular weight is 472 g/mol. The van der Waals surface area contributed by atoms with Gasteiger partial charge in [0.05, 0.1) is 16.6 Å². The van der Waals surface area contributed by atoms with Gasteiger partial charge in [-0.15, -0.1) is 11.3 Å². The number of aryl methyl sites for hydroxylation is 2. The minimum Gasteiger partial charge on any atom is -0.305 e. The second kappa shape index (κ2) is 8.78. The number of rotatable bonds is 5. The zero-order chi connectivity index (χ0) is 23.8. The van der Waals surface area contributed by atoms with Crippen LogP contribution in [0.15, 0.2) is 53.5 Å². The molecule has 0 aliphatic heterocycles. The molecule has 0 aliphatic rings. The highest BCUT2D eigenvalue weighted by atomic mass is 32.1. The maximum atomic E-state index is 12.9. The van der Waals surface area contributed by atoms with Gasteiger partial charge in [0.25, 0.3) is 11.5 Å². The minimum absolute atomic E-state index is 0.168. The molecule has 0 atom stereocenters. The van der Waals surface area contributed by atoms with Crippen LogP contribution in [0.25, 0.3) is 11.0 Å². The second-order valence-electron chi connectivity index (χ2n) is 7.41. The van der Waals surface area contributed by atoms with Crippen LogP contribution in [-0.2, 0) is 19.1 Å². The molecule has 170 valence electrons. The molecule has 10 heteroatoms. The summed E-state index contributed by atoms with van der Waals surface area (Å²) in [6, 6.07) is 10.0. The van der Waals surface area contributed by atoms with E-state index in [0.717, 1.165) is 12.1 Å². The number of halogens is 3. The number of nitrogens with one attached hydrogen (secondary N) is 1. The molecular weight excluding hydrogens is 453 g/mol. The van der Waals surface area contributed by atoms with Crippen LogP contribution in [0.2, 0.25) is 0 Å². The van der Waals surface area contributed by atoms with Gasteiger partial charge in [0.1, 0.15) is 5.69 Å². The fourth-order valence-electron chi connectivity index (χ4n) is 3.50. The van der Waals surface area contributed by atoms with Crippen molar-refractivity contribution in [3.05, 3.63) is 86.3 Å². The van der Waals surface area contributed by atoms with Crippen molar-refractivity contribution in [2.75, 3.05) is 5.32 Å².